The first-order valence-electron chi connectivity index (χ1n) is 5.31. The van der Waals surface area contributed by atoms with E-state index in [9.17, 15) is 18.3 Å². The summed E-state index contributed by atoms with van der Waals surface area (Å²) in [5.41, 5.74) is -0.961. The van der Waals surface area contributed by atoms with E-state index >= 15 is 0 Å². The lowest BCUT2D eigenvalue weighted by molar-refractivity contribution is -0.139. The number of hydrogen-bond donors (Lipinski definition) is 1. The number of benzene rings is 1. The summed E-state index contributed by atoms with van der Waals surface area (Å²) >= 11 is 4.31. The number of thiazole rings is 1. The highest BCUT2D eigenvalue weighted by Crippen LogP contribution is 2.37. The van der Waals surface area contributed by atoms with Gasteiger partial charge in [-0.1, -0.05) is 22.0 Å². The zero-order valence-electron chi connectivity index (χ0n) is 9.49. The van der Waals surface area contributed by atoms with E-state index in [1.165, 1.54) is 23.5 Å². The SMILES string of the molecule is OC(Cc1nccs1)c1ccc(Br)cc1C(F)(F)F. The summed E-state index contributed by atoms with van der Waals surface area (Å²) in [7, 11) is 0. The molecule has 19 heavy (non-hydrogen) atoms. The van der Waals surface area contributed by atoms with Crippen molar-refractivity contribution < 1.29 is 18.3 Å². The molecule has 0 saturated carbocycles. The van der Waals surface area contributed by atoms with E-state index in [0.29, 0.717) is 9.48 Å². The van der Waals surface area contributed by atoms with Crippen molar-refractivity contribution >= 4 is 27.3 Å². The fraction of sp³-hybridized carbons (Fsp3) is 0.250. The Morgan fingerprint density at radius 2 is 2.11 bits per heavy atom. The molecule has 0 fully saturated rings. The van der Waals surface area contributed by atoms with Crippen molar-refractivity contribution in [2.24, 2.45) is 0 Å². The number of halogens is 4. The van der Waals surface area contributed by atoms with Crippen LogP contribution in [0.15, 0.2) is 34.2 Å². The molecule has 0 saturated heterocycles. The summed E-state index contributed by atoms with van der Waals surface area (Å²) in [5, 5.41) is 12.3. The molecule has 0 radical (unpaired) electrons. The highest BCUT2D eigenvalue weighted by molar-refractivity contribution is 9.10. The maximum absolute atomic E-state index is 12.9. The summed E-state index contributed by atoms with van der Waals surface area (Å²) in [6.07, 6.45) is -4.10. The molecule has 0 amide bonds. The van der Waals surface area contributed by atoms with Crippen LogP contribution in [0.4, 0.5) is 13.2 Å². The molecule has 0 aliphatic rings. The molecule has 7 heteroatoms. The van der Waals surface area contributed by atoms with Crippen LogP contribution < -0.4 is 0 Å². The van der Waals surface area contributed by atoms with Crippen molar-refractivity contribution in [2.75, 3.05) is 0 Å². The Bertz CT molecular complexity index is 557. The van der Waals surface area contributed by atoms with Gasteiger partial charge in [0.2, 0.25) is 0 Å². The van der Waals surface area contributed by atoms with Gasteiger partial charge in [-0.25, -0.2) is 4.98 Å². The molecule has 2 rings (SSSR count). The molecule has 2 aromatic rings. The number of aliphatic hydroxyl groups excluding tert-OH is 1. The minimum Gasteiger partial charge on any atom is -0.388 e. The third-order valence-electron chi connectivity index (χ3n) is 2.53. The zero-order valence-corrected chi connectivity index (χ0v) is 11.9. The van der Waals surface area contributed by atoms with Crippen LogP contribution in [0.3, 0.4) is 0 Å². The van der Waals surface area contributed by atoms with Gasteiger partial charge in [-0.2, -0.15) is 13.2 Å². The van der Waals surface area contributed by atoms with Crippen LogP contribution in [0.5, 0.6) is 0 Å². The lowest BCUT2D eigenvalue weighted by Gasteiger charge is -2.17. The quantitative estimate of drug-likeness (QED) is 0.898. The average Bonchev–Trinajstić information content (AvgIpc) is 2.80. The predicted octanol–water partition coefficient (Wildman–Crippen LogP) is 4.20. The number of nitrogens with zero attached hydrogens (tertiary/aromatic N) is 1. The number of hydrogen-bond acceptors (Lipinski definition) is 3. The Morgan fingerprint density at radius 3 is 2.68 bits per heavy atom. The molecular weight excluding hydrogens is 343 g/mol. The second kappa shape index (κ2) is 5.60. The van der Waals surface area contributed by atoms with Crippen LogP contribution in [0.1, 0.15) is 22.2 Å². The predicted molar refractivity (Wildman–Crippen MR) is 69.9 cm³/mol. The monoisotopic (exact) mass is 351 g/mol. The van der Waals surface area contributed by atoms with Crippen molar-refractivity contribution in [3.8, 4) is 0 Å². The number of aromatic nitrogens is 1. The van der Waals surface area contributed by atoms with Gasteiger partial charge in [-0.05, 0) is 17.7 Å². The molecule has 1 aromatic carbocycles. The average molecular weight is 352 g/mol. The molecule has 1 heterocycles. The van der Waals surface area contributed by atoms with Crippen LogP contribution in [-0.4, -0.2) is 10.1 Å². The van der Waals surface area contributed by atoms with E-state index in [-0.39, 0.29) is 12.0 Å². The first kappa shape index (κ1) is 14.5. The van der Waals surface area contributed by atoms with E-state index in [4.69, 9.17) is 0 Å². The highest BCUT2D eigenvalue weighted by atomic mass is 79.9. The lowest BCUT2D eigenvalue weighted by Crippen LogP contribution is -2.13. The molecule has 1 atom stereocenters. The topological polar surface area (TPSA) is 33.1 Å². The molecule has 0 aliphatic carbocycles. The van der Waals surface area contributed by atoms with Crippen LogP contribution in [0.2, 0.25) is 0 Å². The van der Waals surface area contributed by atoms with Crippen LogP contribution in [0, 0.1) is 0 Å². The van der Waals surface area contributed by atoms with Crippen LogP contribution in [0.25, 0.3) is 0 Å². The van der Waals surface area contributed by atoms with Crippen molar-refractivity contribution in [1.82, 2.24) is 4.98 Å². The fourth-order valence-corrected chi connectivity index (χ4v) is 2.71. The summed E-state index contributed by atoms with van der Waals surface area (Å²) in [6, 6.07) is 3.74. The summed E-state index contributed by atoms with van der Waals surface area (Å²) in [5.74, 6) is 0. The van der Waals surface area contributed by atoms with Gasteiger partial charge in [0.15, 0.2) is 0 Å². The van der Waals surface area contributed by atoms with Crippen molar-refractivity contribution in [3.63, 3.8) is 0 Å². The van der Waals surface area contributed by atoms with Gasteiger partial charge in [-0.15, -0.1) is 11.3 Å². The molecule has 1 unspecified atom stereocenters. The fourth-order valence-electron chi connectivity index (χ4n) is 1.69. The molecule has 102 valence electrons. The van der Waals surface area contributed by atoms with Crippen molar-refractivity contribution in [2.45, 2.75) is 18.7 Å². The summed E-state index contributed by atoms with van der Waals surface area (Å²) in [4.78, 5) is 3.96. The minimum atomic E-state index is -4.50. The second-order valence-corrected chi connectivity index (χ2v) is 5.77. The molecule has 0 spiro atoms. The highest BCUT2D eigenvalue weighted by Gasteiger charge is 2.35. The Balaban J connectivity index is 2.33. The number of rotatable bonds is 3. The molecule has 0 bridgehead atoms. The van der Waals surface area contributed by atoms with Gasteiger partial charge >= 0.3 is 6.18 Å². The van der Waals surface area contributed by atoms with Crippen LogP contribution in [-0.2, 0) is 12.6 Å². The van der Waals surface area contributed by atoms with Gasteiger partial charge in [-0.3, -0.25) is 0 Å². The first-order chi connectivity index (χ1) is 8.88. The van der Waals surface area contributed by atoms with Crippen molar-refractivity contribution in [3.05, 3.63) is 50.4 Å². The molecule has 1 N–H and O–H groups in total. The van der Waals surface area contributed by atoms with E-state index < -0.39 is 17.8 Å². The third kappa shape index (κ3) is 3.55. The largest absolute Gasteiger partial charge is 0.416 e. The minimum absolute atomic E-state index is 0.0718. The molecule has 1 aromatic heterocycles. The first-order valence-corrected chi connectivity index (χ1v) is 6.98. The Kier molecular flexibility index (Phi) is 4.27. The van der Waals surface area contributed by atoms with Gasteiger partial charge in [0.25, 0.3) is 0 Å². The van der Waals surface area contributed by atoms with Gasteiger partial charge in [0.05, 0.1) is 16.7 Å². The standard InChI is InChI=1S/C12H9BrF3NOS/c13-7-1-2-8(9(5-7)12(14,15)16)10(18)6-11-17-3-4-19-11/h1-5,10,18H,6H2. The van der Waals surface area contributed by atoms with E-state index in [1.54, 1.807) is 11.6 Å². The third-order valence-corrected chi connectivity index (χ3v) is 3.83. The lowest BCUT2D eigenvalue weighted by atomic mass is 10.00. The maximum Gasteiger partial charge on any atom is 0.416 e. The van der Waals surface area contributed by atoms with Gasteiger partial charge in [0.1, 0.15) is 0 Å². The number of alkyl halides is 3. The summed E-state index contributed by atoms with van der Waals surface area (Å²) in [6.45, 7) is 0. The second-order valence-electron chi connectivity index (χ2n) is 3.88. The number of aliphatic hydroxyl groups is 1. The van der Waals surface area contributed by atoms with E-state index in [2.05, 4.69) is 20.9 Å². The Hall–Kier alpha value is -0.920. The maximum atomic E-state index is 12.9. The Morgan fingerprint density at radius 1 is 1.37 bits per heavy atom. The zero-order chi connectivity index (χ0) is 14.0. The Labute approximate surface area is 120 Å². The van der Waals surface area contributed by atoms with Gasteiger partial charge < -0.3 is 5.11 Å². The van der Waals surface area contributed by atoms with E-state index in [1.807, 2.05) is 0 Å². The molecule has 0 aliphatic heterocycles. The smallest absolute Gasteiger partial charge is 0.388 e. The normalized spacial score (nSPS) is 13.5. The molecular formula is C12H9BrF3NOS. The van der Waals surface area contributed by atoms with Crippen LogP contribution >= 0.6 is 27.3 Å². The summed E-state index contributed by atoms with van der Waals surface area (Å²) < 4.78 is 39.1. The van der Waals surface area contributed by atoms with E-state index in [0.717, 1.165) is 6.07 Å². The van der Waals surface area contributed by atoms with Gasteiger partial charge in [0, 0.05) is 22.5 Å². The van der Waals surface area contributed by atoms with Crippen molar-refractivity contribution in [1.29, 1.82) is 0 Å². The molecule has 2 nitrogen and oxygen atoms in total.